The zero-order chi connectivity index (χ0) is 37.0. The maximum Gasteiger partial charge on any atom is 0.159 e. The molecule has 0 amide bonds. The highest BCUT2D eigenvalue weighted by molar-refractivity contribution is 7.25. The average Bonchev–Trinajstić information content (AvgIpc) is 3.83. The number of para-hydroxylation sites is 4. The fraction of sp³-hybridized carbons (Fsp3) is 0. The van der Waals surface area contributed by atoms with Crippen LogP contribution in [0, 0.1) is 0 Å². The number of rotatable bonds is 7. The van der Waals surface area contributed by atoms with Gasteiger partial charge in [-0.1, -0.05) is 133 Å². The van der Waals surface area contributed by atoms with Gasteiger partial charge in [-0.25, -0.2) is 0 Å². The van der Waals surface area contributed by atoms with Crippen LogP contribution in [0.15, 0.2) is 211 Å². The Kier molecular flexibility index (Phi) is 7.68. The molecule has 0 saturated heterocycles. The summed E-state index contributed by atoms with van der Waals surface area (Å²) in [6.07, 6.45) is 0. The fourth-order valence-electron chi connectivity index (χ4n) is 8.30. The maximum absolute atomic E-state index is 6.71. The van der Waals surface area contributed by atoms with E-state index in [-0.39, 0.29) is 0 Å². The lowest BCUT2D eigenvalue weighted by atomic mass is 9.96. The molecule has 0 aliphatic carbocycles. The molecule has 0 aliphatic rings. The summed E-state index contributed by atoms with van der Waals surface area (Å²) in [6.45, 7) is 0. The Morgan fingerprint density at radius 2 is 0.964 bits per heavy atom. The van der Waals surface area contributed by atoms with E-state index < -0.39 is 0 Å². The SMILES string of the molecule is c1ccc(-c2ccc(N(c3ccc4c(c3)sc3ccc(N(c5ccccc5)c5ccccc5)cc34)c3cccc4c3oc3ccccc34)c3ccccc23)cc1. The zero-order valence-electron chi connectivity index (χ0n) is 30.3. The van der Waals surface area contributed by atoms with Crippen LogP contribution in [0.4, 0.5) is 34.1 Å². The molecule has 2 aromatic heterocycles. The van der Waals surface area contributed by atoms with E-state index in [1.165, 1.54) is 42.1 Å². The molecule has 0 fully saturated rings. The summed E-state index contributed by atoms with van der Waals surface area (Å²) in [5.41, 5.74) is 10.7. The number of benzene rings is 9. The average molecular weight is 735 g/mol. The predicted molar refractivity (Wildman–Crippen MR) is 239 cm³/mol. The van der Waals surface area contributed by atoms with Crippen LogP contribution in [-0.2, 0) is 0 Å². The van der Waals surface area contributed by atoms with Crippen molar-refractivity contribution in [1.29, 1.82) is 0 Å². The molecule has 9 aromatic carbocycles. The van der Waals surface area contributed by atoms with Gasteiger partial charge < -0.3 is 14.2 Å². The number of fused-ring (bicyclic) bond motifs is 7. The molecule has 0 N–H and O–H groups in total. The monoisotopic (exact) mass is 734 g/mol. The van der Waals surface area contributed by atoms with Crippen molar-refractivity contribution in [3.8, 4) is 11.1 Å². The summed E-state index contributed by atoms with van der Waals surface area (Å²) in [7, 11) is 0. The van der Waals surface area contributed by atoms with Crippen molar-refractivity contribution in [2.75, 3.05) is 9.80 Å². The first-order valence-corrected chi connectivity index (χ1v) is 19.7. The number of thiophene rings is 1. The molecule has 0 unspecified atom stereocenters. The molecule has 2 heterocycles. The van der Waals surface area contributed by atoms with Gasteiger partial charge >= 0.3 is 0 Å². The first-order chi connectivity index (χ1) is 27.8. The van der Waals surface area contributed by atoms with Crippen molar-refractivity contribution < 1.29 is 4.42 Å². The van der Waals surface area contributed by atoms with Gasteiger partial charge in [-0.3, -0.25) is 0 Å². The molecule has 11 rings (SSSR count). The number of hydrogen-bond donors (Lipinski definition) is 0. The molecule has 0 aliphatic heterocycles. The second-order valence-electron chi connectivity index (χ2n) is 14.1. The lowest BCUT2D eigenvalue weighted by Gasteiger charge is -2.27. The van der Waals surface area contributed by atoms with E-state index in [0.29, 0.717) is 0 Å². The number of furan rings is 1. The van der Waals surface area contributed by atoms with Crippen LogP contribution in [0.3, 0.4) is 0 Å². The van der Waals surface area contributed by atoms with Crippen molar-refractivity contribution in [3.05, 3.63) is 206 Å². The van der Waals surface area contributed by atoms with Crippen LogP contribution in [0.5, 0.6) is 0 Å². The van der Waals surface area contributed by atoms with Crippen LogP contribution >= 0.6 is 11.3 Å². The lowest BCUT2D eigenvalue weighted by Crippen LogP contribution is -2.11. The molecule has 264 valence electrons. The van der Waals surface area contributed by atoms with E-state index in [9.17, 15) is 0 Å². The van der Waals surface area contributed by atoms with E-state index in [1.54, 1.807) is 0 Å². The molecule has 0 bridgehead atoms. The van der Waals surface area contributed by atoms with Crippen LogP contribution in [-0.4, -0.2) is 0 Å². The normalized spacial score (nSPS) is 11.6. The quantitative estimate of drug-likeness (QED) is 0.163. The minimum Gasteiger partial charge on any atom is -0.454 e. The van der Waals surface area contributed by atoms with Gasteiger partial charge in [0.25, 0.3) is 0 Å². The highest BCUT2D eigenvalue weighted by Crippen LogP contribution is 2.48. The first kappa shape index (κ1) is 32.3. The number of anilines is 6. The van der Waals surface area contributed by atoms with Crippen LogP contribution < -0.4 is 9.80 Å². The van der Waals surface area contributed by atoms with Gasteiger partial charge in [-0.2, -0.15) is 0 Å². The van der Waals surface area contributed by atoms with Crippen LogP contribution in [0.2, 0.25) is 0 Å². The Balaban J connectivity index is 1.12. The lowest BCUT2D eigenvalue weighted by molar-refractivity contribution is 0.669. The zero-order valence-corrected chi connectivity index (χ0v) is 31.2. The summed E-state index contributed by atoms with van der Waals surface area (Å²) in [5.74, 6) is 0. The van der Waals surface area contributed by atoms with Crippen molar-refractivity contribution in [2.45, 2.75) is 0 Å². The second-order valence-corrected chi connectivity index (χ2v) is 15.2. The Labute approximate surface area is 328 Å². The summed E-state index contributed by atoms with van der Waals surface area (Å²) >= 11 is 1.84. The predicted octanol–water partition coefficient (Wildman–Crippen LogP) is 15.7. The van der Waals surface area contributed by atoms with Crippen LogP contribution in [0.1, 0.15) is 0 Å². The third kappa shape index (κ3) is 5.34. The van der Waals surface area contributed by atoms with E-state index in [2.05, 4.69) is 210 Å². The Hall–Kier alpha value is -7.14. The molecule has 4 heteroatoms. The first-order valence-electron chi connectivity index (χ1n) is 18.9. The van der Waals surface area contributed by atoms with Gasteiger partial charge in [0.15, 0.2) is 5.58 Å². The summed E-state index contributed by atoms with van der Waals surface area (Å²) in [6, 6.07) is 73.8. The van der Waals surface area contributed by atoms with Gasteiger partial charge in [0.2, 0.25) is 0 Å². The topological polar surface area (TPSA) is 19.6 Å². The fourth-order valence-corrected chi connectivity index (χ4v) is 9.42. The minimum atomic E-state index is 0.868. The van der Waals surface area contributed by atoms with E-state index >= 15 is 0 Å². The van der Waals surface area contributed by atoms with Gasteiger partial charge in [0.05, 0.1) is 11.4 Å². The highest BCUT2D eigenvalue weighted by atomic mass is 32.1. The molecule has 0 saturated carbocycles. The minimum absolute atomic E-state index is 0.868. The van der Waals surface area contributed by atoms with Crippen molar-refractivity contribution in [2.24, 2.45) is 0 Å². The van der Waals surface area contributed by atoms with Gasteiger partial charge in [-0.15, -0.1) is 11.3 Å². The van der Waals surface area contributed by atoms with E-state index in [0.717, 1.165) is 56.1 Å². The van der Waals surface area contributed by atoms with Crippen molar-refractivity contribution in [1.82, 2.24) is 0 Å². The van der Waals surface area contributed by atoms with E-state index in [4.69, 9.17) is 4.42 Å². The van der Waals surface area contributed by atoms with Crippen molar-refractivity contribution >= 4 is 98.3 Å². The standard InChI is InChI=1S/C52H34N2OS/c1-4-15-35(16-5-1)40-30-31-47(42-22-11-10-21-41(40)42)54(48-25-14-24-45-43-23-12-13-26-49(43)55-52(45)48)39-27-29-44-46-33-38(28-32-50(46)56-51(44)34-39)53(36-17-6-2-7-18-36)37-19-8-3-9-20-37/h1-34H. The highest BCUT2D eigenvalue weighted by Gasteiger charge is 2.23. The van der Waals surface area contributed by atoms with Gasteiger partial charge in [0, 0.05) is 59.1 Å². The Bertz CT molecular complexity index is 3170. The van der Waals surface area contributed by atoms with E-state index in [1.807, 2.05) is 17.4 Å². The largest absolute Gasteiger partial charge is 0.454 e. The number of nitrogens with zero attached hydrogens (tertiary/aromatic N) is 2. The molecular formula is C52H34N2OS. The molecule has 0 spiro atoms. The summed E-state index contributed by atoms with van der Waals surface area (Å²) in [4.78, 5) is 4.72. The molecule has 0 atom stereocenters. The Morgan fingerprint density at radius 1 is 0.339 bits per heavy atom. The second kappa shape index (κ2) is 13.3. The van der Waals surface area contributed by atoms with Crippen molar-refractivity contribution in [3.63, 3.8) is 0 Å². The molecule has 0 radical (unpaired) electrons. The maximum atomic E-state index is 6.71. The molecular weight excluding hydrogens is 701 g/mol. The van der Waals surface area contributed by atoms with Gasteiger partial charge in [-0.05, 0) is 89.3 Å². The smallest absolute Gasteiger partial charge is 0.159 e. The van der Waals surface area contributed by atoms with Crippen LogP contribution in [0.25, 0.3) is 64.0 Å². The summed E-state index contributed by atoms with van der Waals surface area (Å²) < 4.78 is 9.20. The Morgan fingerprint density at radius 3 is 1.73 bits per heavy atom. The molecule has 3 nitrogen and oxygen atoms in total. The summed E-state index contributed by atoms with van der Waals surface area (Å²) in [5, 5.41) is 7.08. The third-order valence-corrected chi connectivity index (χ3v) is 12.0. The number of hydrogen-bond acceptors (Lipinski definition) is 4. The molecule has 56 heavy (non-hydrogen) atoms. The third-order valence-electron chi connectivity index (χ3n) is 10.8. The van der Waals surface area contributed by atoms with Gasteiger partial charge in [0.1, 0.15) is 5.58 Å². The molecule has 11 aromatic rings.